The van der Waals surface area contributed by atoms with Crippen molar-refractivity contribution in [2.45, 2.75) is 44.5 Å². The Bertz CT molecular complexity index is 687. The summed E-state index contributed by atoms with van der Waals surface area (Å²) in [5.41, 5.74) is 6.23. The molecule has 0 amide bonds. The van der Waals surface area contributed by atoms with Gasteiger partial charge in [-0.1, -0.05) is 23.2 Å². The molecule has 0 saturated carbocycles. The summed E-state index contributed by atoms with van der Waals surface area (Å²) < 4.78 is 27.3. The monoisotopic (exact) mass is 421 g/mol. The third-order valence-electron chi connectivity index (χ3n) is 3.87. The number of halogens is 2. The molecular formula is C17H21Cl2NO7. The molecule has 5 atom stereocenters. The fraction of sp³-hybridized carbons (Fsp3) is 0.529. The Labute approximate surface area is 166 Å². The summed E-state index contributed by atoms with van der Waals surface area (Å²) in [6, 6.07) is 3.91. The molecule has 1 aliphatic heterocycles. The zero-order valence-corrected chi connectivity index (χ0v) is 16.5. The van der Waals surface area contributed by atoms with E-state index in [1.165, 1.54) is 27.0 Å². The molecule has 1 heterocycles. The minimum absolute atomic E-state index is 0.168. The Morgan fingerprint density at radius 3 is 2.41 bits per heavy atom. The zero-order chi connectivity index (χ0) is 20.1. The fourth-order valence-electron chi connectivity index (χ4n) is 2.67. The number of ether oxygens (including phenoxy) is 5. The number of carbonyl (C=O) groups is 2. The van der Waals surface area contributed by atoms with Crippen molar-refractivity contribution in [3.8, 4) is 5.75 Å². The van der Waals surface area contributed by atoms with Gasteiger partial charge in [-0.25, -0.2) is 0 Å². The smallest absolute Gasteiger partial charge is 0.303 e. The van der Waals surface area contributed by atoms with Crippen molar-refractivity contribution in [2.24, 2.45) is 5.73 Å². The van der Waals surface area contributed by atoms with E-state index in [0.717, 1.165) is 0 Å². The molecule has 1 aromatic rings. The van der Waals surface area contributed by atoms with Gasteiger partial charge in [0.1, 0.15) is 30.7 Å². The van der Waals surface area contributed by atoms with Gasteiger partial charge in [0, 0.05) is 27.0 Å². The molecular weight excluding hydrogens is 401 g/mol. The summed E-state index contributed by atoms with van der Waals surface area (Å²) in [4.78, 5) is 22.6. The molecule has 1 aromatic carbocycles. The normalized spacial score (nSPS) is 27.7. The van der Waals surface area contributed by atoms with Crippen molar-refractivity contribution >= 4 is 35.1 Å². The van der Waals surface area contributed by atoms with Crippen molar-refractivity contribution in [3.05, 3.63) is 28.2 Å². The number of methoxy groups -OCH3 is 1. The van der Waals surface area contributed by atoms with Gasteiger partial charge in [-0.2, -0.15) is 0 Å². The first-order valence-electron chi connectivity index (χ1n) is 8.09. The second-order valence-electron chi connectivity index (χ2n) is 5.89. The van der Waals surface area contributed by atoms with E-state index in [1.807, 2.05) is 0 Å². The van der Waals surface area contributed by atoms with E-state index in [2.05, 4.69) is 0 Å². The fourth-order valence-corrected chi connectivity index (χ4v) is 2.96. The molecule has 10 heteroatoms. The lowest BCUT2D eigenvalue weighted by atomic mass is 9.96. The molecule has 5 unspecified atom stereocenters. The Morgan fingerprint density at radius 2 is 1.85 bits per heavy atom. The van der Waals surface area contributed by atoms with Gasteiger partial charge in [-0.05, 0) is 12.1 Å². The summed E-state index contributed by atoms with van der Waals surface area (Å²) in [5, 5.41) is 0.675. The van der Waals surface area contributed by atoms with Crippen molar-refractivity contribution < 1.29 is 33.3 Å². The average molecular weight is 422 g/mol. The zero-order valence-electron chi connectivity index (χ0n) is 15.0. The maximum Gasteiger partial charge on any atom is 0.303 e. The molecule has 8 nitrogen and oxygen atoms in total. The third-order valence-corrected chi connectivity index (χ3v) is 4.61. The average Bonchev–Trinajstić information content (AvgIpc) is 2.59. The second-order valence-corrected chi connectivity index (χ2v) is 6.71. The topological polar surface area (TPSA) is 106 Å². The van der Waals surface area contributed by atoms with E-state index in [0.29, 0.717) is 15.8 Å². The molecule has 2 N–H and O–H groups in total. The standard InChI is InChI=1S/C17H21Cl2NO7/c1-8(21)24-7-13-15(25-9(2)22)14(20)16(23-3)17(27-13)26-10-4-5-11(18)12(19)6-10/h4-6,13-17H,7,20H2,1-3H3. The molecule has 0 aromatic heterocycles. The molecule has 0 radical (unpaired) electrons. The van der Waals surface area contributed by atoms with Crippen molar-refractivity contribution in [2.75, 3.05) is 13.7 Å². The lowest BCUT2D eigenvalue weighted by Crippen LogP contribution is -2.65. The van der Waals surface area contributed by atoms with Crippen LogP contribution in [-0.2, 0) is 28.5 Å². The van der Waals surface area contributed by atoms with E-state index in [9.17, 15) is 9.59 Å². The highest BCUT2D eigenvalue weighted by Crippen LogP contribution is 2.30. The van der Waals surface area contributed by atoms with Gasteiger partial charge in [-0.15, -0.1) is 0 Å². The quantitative estimate of drug-likeness (QED) is 0.694. The number of rotatable bonds is 6. The lowest BCUT2D eigenvalue weighted by Gasteiger charge is -2.43. The van der Waals surface area contributed by atoms with Gasteiger partial charge in [0.25, 0.3) is 0 Å². The molecule has 27 heavy (non-hydrogen) atoms. The van der Waals surface area contributed by atoms with E-state index in [1.54, 1.807) is 12.1 Å². The maximum absolute atomic E-state index is 11.4. The van der Waals surface area contributed by atoms with Crippen LogP contribution < -0.4 is 10.5 Å². The summed E-state index contributed by atoms with van der Waals surface area (Å²) in [6.45, 7) is 2.33. The van der Waals surface area contributed by atoms with E-state index in [-0.39, 0.29) is 6.61 Å². The van der Waals surface area contributed by atoms with Crippen LogP contribution in [0, 0.1) is 0 Å². The first-order chi connectivity index (χ1) is 12.7. The molecule has 1 saturated heterocycles. The van der Waals surface area contributed by atoms with Gasteiger partial charge in [0.2, 0.25) is 6.29 Å². The largest absolute Gasteiger partial charge is 0.463 e. The van der Waals surface area contributed by atoms with E-state index < -0.39 is 42.6 Å². The molecule has 1 fully saturated rings. The molecule has 0 aliphatic carbocycles. The Hall–Kier alpha value is -1.58. The van der Waals surface area contributed by atoms with Gasteiger partial charge in [-0.3, -0.25) is 9.59 Å². The predicted molar refractivity (Wildman–Crippen MR) is 96.7 cm³/mol. The summed E-state index contributed by atoms with van der Waals surface area (Å²) >= 11 is 11.9. The van der Waals surface area contributed by atoms with Crippen LogP contribution in [0.15, 0.2) is 18.2 Å². The van der Waals surface area contributed by atoms with Crippen molar-refractivity contribution in [1.29, 1.82) is 0 Å². The van der Waals surface area contributed by atoms with E-state index >= 15 is 0 Å². The number of hydrogen-bond donors (Lipinski definition) is 1. The van der Waals surface area contributed by atoms with Gasteiger partial charge < -0.3 is 29.4 Å². The molecule has 150 valence electrons. The van der Waals surface area contributed by atoms with Crippen LogP contribution in [0.3, 0.4) is 0 Å². The number of esters is 2. The van der Waals surface area contributed by atoms with Crippen LogP contribution in [-0.4, -0.2) is 56.3 Å². The van der Waals surface area contributed by atoms with Gasteiger partial charge in [0.05, 0.1) is 16.1 Å². The lowest BCUT2D eigenvalue weighted by molar-refractivity contribution is -0.259. The van der Waals surface area contributed by atoms with Crippen LogP contribution >= 0.6 is 23.2 Å². The minimum atomic E-state index is -0.963. The highest BCUT2D eigenvalue weighted by Gasteiger charge is 2.48. The molecule has 0 bridgehead atoms. The highest BCUT2D eigenvalue weighted by molar-refractivity contribution is 6.42. The number of hydrogen-bond acceptors (Lipinski definition) is 8. The number of benzene rings is 1. The molecule has 2 rings (SSSR count). The third kappa shape index (κ3) is 5.70. The first kappa shape index (κ1) is 21.7. The SMILES string of the molecule is COC1C(Oc2ccc(Cl)c(Cl)c2)OC(COC(C)=O)C(OC(C)=O)C1N. The van der Waals surface area contributed by atoms with Crippen molar-refractivity contribution in [3.63, 3.8) is 0 Å². The Kier molecular flexibility index (Phi) is 7.69. The number of carbonyl (C=O) groups excluding carboxylic acids is 2. The molecule has 1 aliphatic rings. The van der Waals surface area contributed by atoms with Crippen LogP contribution in [0.5, 0.6) is 5.75 Å². The van der Waals surface area contributed by atoms with Crippen LogP contribution in [0.1, 0.15) is 13.8 Å². The van der Waals surface area contributed by atoms with Gasteiger partial charge >= 0.3 is 11.9 Å². The second kappa shape index (κ2) is 9.57. The van der Waals surface area contributed by atoms with Gasteiger partial charge in [0.15, 0.2) is 0 Å². The summed E-state index contributed by atoms with van der Waals surface area (Å²) in [6.07, 6.45) is -3.46. The van der Waals surface area contributed by atoms with Crippen LogP contribution in [0.2, 0.25) is 10.0 Å². The van der Waals surface area contributed by atoms with Crippen LogP contribution in [0.4, 0.5) is 0 Å². The Morgan fingerprint density at radius 1 is 1.15 bits per heavy atom. The summed E-state index contributed by atoms with van der Waals surface area (Å²) in [5.74, 6) is -0.684. The van der Waals surface area contributed by atoms with Crippen LogP contribution in [0.25, 0.3) is 0 Å². The van der Waals surface area contributed by atoms with Crippen molar-refractivity contribution in [1.82, 2.24) is 0 Å². The highest BCUT2D eigenvalue weighted by atomic mass is 35.5. The maximum atomic E-state index is 11.4. The first-order valence-corrected chi connectivity index (χ1v) is 8.84. The van der Waals surface area contributed by atoms with E-state index in [4.69, 9.17) is 52.6 Å². The molecule has 0 spiro atoms. The predicted octanol–water partition coefficient (Wildman–Crippen LogP) is 1.93. The number of nitrogens with two attached hydrogens (primary N) is 1. The Balaban J connectivity index is 2.23. The minimum Gasteiger partial charge on any atom is -0.463 e. The summed E-state index contributed by atoms with van der Waals surface area (Å²) in [7, 11) is 1.43.